The highest BCUT2D eigenvalue weighted by Crippen LogP contribution is 2.77. The maximum absolute atomic E-state index is 6.77. The van der Waals surface area contributed by atoms with Gasteiger partial charge in [0.15, 0.2) is 0 Å². The second kappa shape index (κ2) is 11.0. The maximum Gasteiger partial charge on any atom is 0.141 e. The van der Waals surface area contributed by atoms with Gasteiger partial charge in [-0.2, -0.15) is 0 Å². The van der Waals surface area contributed by atoms with Crippen LogP contribution in [0.3, 0.4) is 0 Å². The van der Waals surface area contributed by atoms with Crippen molar-refractivity contribution < 1.29 is 4.74 Å². The van der Waals surface area contributed by atoms with Gasteiger partial charge in [0, 0.05) is 63.3 Å². The lowest BCUT2D eigenvalue weighted by Gasteiger charge is -2.58. The van der Waals surface area contributed by atoms with E-state index in [0.29, 0.717) is 12.6 Å². The van der Waals surface area contributed by atoms with Crippen LogP contribution >= 0.6 is 0 Å². The fraction of sp³-hybridized carbons (Fsp3) is 0.0784. The Labute approximate surface area is 324 Å². The molecule has 0 saturated carbocycles. The molecule has 3 unspecified atom stereocenters. The SMILES string of the molecule is c1ccc(N2CN(c3cccc(Oc4ccc5c6ccccc6n(-c6nccc7c6C6c8ccccc8C68c6ccccc6C78)c5c4)c3)c3ccccc32)cc1. The van der Waals surface area contributed by atoms with Crippen LogP contribution in [0.1, 0.15) is 45.2 Å². The van der Waals surface area contributed by atoms with Gasteiger partial charge in [0.2, 0.25) is 0 Å². The summed E-state index contributed by atoms with van der Waals surface area (Å²) in [5.74, 6) is 3.18. The molecule has 0 amide bonds. The topological polar surface area (TPSA) is 33.5 Å². The summed E-state index contributed by atoms with van der Waals surface area (Å²) in [7, 11) is 0. The van der Waals surface area contributed by atoms with Crippen molar-refractivity contribution in [1.29, 1.82) is 0 Å². The van der Waals surface area contributed by atoms with Crippen LogP contribution in [0, 0.1) is 0 Å². The first kappa shape index (κ1) is 30.2. The lowest BCUT2D eigenvalue weighted by atomic mass is 9.43. The Kier molecular flexibility index (Phi) is 5.93. The minimum atomic E-state index is -0.0284. The zero-order chi connectivity index (χ0) is 36.5. The van der Waals surface area contributed by atoms with E-state index in [9.17, 15) is 0 Å². The fourth-order valence-corrected chi connectivity index (χ4v) is 10.9. The van der Waals surface area contributed by atoms with E-state index in [1.807, 2.05) is 12.3 Å². The van der Waals surface area contributed by atoms with Crippen molar-refractivity contribution >= 4 is 44.6 Å². The second-order valence-electron chi connectivity index (χ2n) is 15.5. The molecule has 5 nitrogen and oxygen atoms in total. The molecule has 264 valence electrons. The van der Waals surface area contributed by atoms with Gasteiger partial charge in [-0.15, -0.1) is 0 Å². The summed E-state index contributed by atoms with van der Waals surface area (Å²) in [4.78, 5) is 9.98. The Balaban J connectivity index is 0.926. The average molecular weight is 719 g/mol. The van der Waals surface area contributed by atoms with Crippen molar-refractivity contribution in [1.82, 2.24) is 9.55 Å². The molecule has 56 heavy (non-hydrogen) atoms. The molecule has 1 spiro atoms. The van der Waals surface area contributed by atoms with Crippen molar-refractivity contribution in [2.45, 2.75) is 17.3 Å². The molecule has 0 saturated heterocycles. The average Bonchev–Trinajstić information content (AvgIpc) is 3.86. The molecule has 3 aliphatic carbocycles. The van der Waals surface area contributed by atoms with Crippen LogP contribution in [0.2, 0.25) is 0 Å². The number of hydrogen-bond donors (Lipinski definition) is 0. The van der Waals surface area contributed by atoms with E-state index >= 15 is 0 Å². The Morgan fingerprint density at radius 2 is 1.14 bits per heavy atom. The van der Waals surface area contributed by atoms with E-state index in [-0.39, 0.29) is 11.3 Å². The fourth-order valence-electron chi connectivity index (χ4n) is 10.9. The van der Waals surface area contributed by atoms with E-state index in [2.05, 4.69) is 184 Å². The highest BCUT2D eigenvalue weighted by Gasteiger charge is 2.70. The number of nitrogens with zero attached hydrogens (tertiary/aromatic N) is 4. The molecule has 4 aliphatic rings. The predicted molar refractivity (Wildman–Crippen MR) is 224 cm³/mol. The second-order valence-corrected chi connectivity index (χ2v) is 15.5. The quantitative estimate of drug-likeness (QED) is 0.177. The molecule has 0 fully saturated rings. The smallest absolute Gasteiger partial charge is 0.141 e. The monoisotopic (exact) mass is 718 g/mol. The zero-order valence-electron chi connectivity index (χ0n) is 30.4. The molecular weight excluding hydrogens is 685 g/mol. The van der Waals surface area contributed by atoms with Crippen LogP contribution in [-0.4, -0.2) is 16.2 Å². The van der Waals surface area contributed by atoms with Crippen LogP contribution in [0.15, 0.2) is 182 Å². The maximum atomic E-state index is 6.77. The van der Waals surface area contributed by atoms with Crippen LogP contribution in [-0.2, 0) is 5.41 Å². The highest BCUT2D eigenvalue weighted by atomic mass is 16.5. The summed E-state index contributed by atoms with van der Waals surface area (Å²) >= 11 is 0. The molecule has 7 aromatic carbocycles. The first-order valence-corrected chi connectivity index (χ1v) is 19.5. The van der Waals surface area contributed by atoms with E-state index in [1.165, 1.54) is 61.2 Å². The van der Waals surface area contributed by atoms with Crippen LogP contribution in [0.5, 0.6) is 11.5 Å². The minimum Gasteiger partial charge on any atom is -0.457 e. The number of anilines is 4. The summed E-state index contributed by atoms with van der Waals surface area (Å²) in [5.41, 5.74) is 15.4. The van der Waals surface area contributed by atoms with Gasteiger partial charge in [-0.25, -0.2) is 4.98 Å². The van der Waals surface area contributed by atoms with E-state index < -0.39 is 0 Å². The van der Waals surface area contributed by atoms with Gasteiger partial charge in [0.25, 0.3) is 0 Å². The summed E-state index contributed by atoms with van der Waals surface area (Å²) < 4.78 is 9.17. The molecule has 3 atom stereocenters. The highest BCUT2D eigenvalue weighted by molar-refractivity contribution is 6.09. The Hall–Kier alpha value is -7.11. The zero-order valence-corrected chi connectivity index (χ0v) is 30.4. The molecule has 9 aromatic rings. The minimum absolute atomic E-state index is 0.0284. The van der Waals surface area contributed by atoms with Crippen molar-refractivity contribution in [3.63, 3.8) is 0 Å². The number of para-hydroxylation sites is 4. The van der Waals surface area contributed by atoms with Gasteiger partial charge >= 0.3 is 0 Å². The third-order valence-corrected chi connectivity index (χ3v) is 13.0. The standard InChI is InChI=1S/C51H34N4O/c1-2-13-32(14-3-1)53-31-54(45-24-11-10-23-44(45)53)33-15-12-16-34(29-33)56-35-25-26-37-36-17-6-9-22-43(36)55(46(37)30-35)50-47-40(27-28-52-50)48-38-18-4-7-20-41(38)51(48)42-21-8-5-19-39(42)49(47)51/h1-30,48-49H,31H2. The predicted octanol–water partition coefficient (Wildman–Crippen LogP) is 12.1. The first-order chi connectivity index (χ1) is 27.8. The van der Waals surface area contributed by atoms with E-state index in [1.54, 1.807) is 0 Å². The molecule has 3 heterocycles. The number of ether oxygens (including phenoxy) is 1. The molecule has 2 aromatic heterocycles. The number of benzene rings is 7. The summed E-state index contributed by atoms with van der Waals surface area (Å²) in [6.07, 6.45) is 2.03. The van der Waals surface area contributed by atoms with Gasteiger partial charge in [0.1, 0.15) is 24.0 Å². The molecule has 5 heteroatoms. The molecule has 0 bridgehead atoms. The number of pyridine rings is 1. The Morgan fingerprint density at radius 1 is 0.500 bits per heavy atom. The largest absolute Gasteiger partial charge is 0.457 e. The van der Waals surface area contributed by atoms with Gasteiger partial charge < -0.3 is 14.5 Å². The molecular formula is C51H34N4O. The lowest BCUT2D eigenvalue weighted by molar-refractivity contribution is 0.332. The lowest BCUT2D eigenvalue weighted by Crippen LogP contribution is -2.52. The van der Waals surface area contributed by atoms with Crippen LogP contribution < -0.4 is 14.5 Å². The summed E-state index contributed by atoms with van der Waals surface area (Å²) in [6.45, 7) is 0.714. The molecule has 0 N–H and O–H groups in total. The number of hydrogen-bond acceptors (Lipinski definition) is 4. The van der Waals surface area contributed by atoms with Crippen molar-refractivity contribution in [2.24, 2.45) is 0 Å². The number of fused-ring (bicyclic) bond motifs is 11. The van der Waals surface area contributed by atoms with Gasteiger partial charge in [-0.1, -0.05) is 103 Å². The van der Waals surface area contributed by atoms with E-state index in [4.69, 9.17) is 9.72 Å². The molecule has 1 aliphatic heterocycles. The normalized spacial score (nSPS) is 19.4. The van der Waals surface area contributed by atoms with Crippen molar-refractivity contribution in [3.05, 3.63) is 216 Å². The van der Waals surface area contributed by atoms with Crippen LogP contribution in [0.25, 0.3) is 27.6 Å². The molecule has 13 rings (SSSR count). The van der Waals surface area contributed by atoms with Gasteiger partial charge in [0.05, 0.1) is 22.4 Å². The van der Waals surface area contributed by atoms with E-state index in [0.717, 1.165) is 34.0 Å². The number of rotatable bonds is 5. The first-order valence-electron chi connectivity index (χ1n) is 19.5. The number of aromatic nitrogens is 2. The van der Waals surface area contributed by atoms with Crippen molar-refractivity contribution in [3.8, 4) is 17.3 Å². The third kappa shape index (κ3) is 3.77. The summed E-state index contributed by atoms with van der Waals surface area (Å²) in [5, 5.41) is 2.39. The van der Waals surface area contributed by atoms with Crippen molar-refractivity contribution in [2.75, 3.05) is 16.5 Å². The van der Waals surface area contributed by atoms with Gasteiger partial charge in [-0.05, 0) is 88.5 Å². The molecule has 0 radical (unpaired) electrons. The van der Waals surface area contributed by atoms with Crippen LogP contribution in [0.4, 0.5) is 22.7 Å². The summed E-state index contributed by atoms with van der Waals surface area (Å²) in [6, 6.07) is 63.4. The van der Waals surface area contributed by atoms with Gasteiger partial charge in [-0.3, -0.25) is 4.57 Å². The Morgan fingerprint density at radius 3 is 1.96 bits per heavy atom. The third-order valence-electron chi connectivity index (χ3n) is 13.0. The Bertz CT molecular complexity index is 3090.